The summed E-state index contributed by atoms with van der Waals surface area (Å²) >= 11 is 0. The van der Waals surface area contributed by atoms with Crippen molar-refractivity contribution in [2.24, 2.45) is 10.2 Å². The first-order valence-electron chi connectivity index (χ1n) is 11.4. The maximum atomic E-state index is 13.0. The molecule has 3 aromatic rings. The van der Waals surface area contributed by atoms with Gasteiger partial charge in [0.1, 0.15) is 12.3 Å². The van der Waals surface area contributed by atoms with Crippen LogP contribution in [0.2, 0.25) is 0 Å². The van der Waals surface area contributed by atoms with E-state index in [1.807, 2.05) is 32.0 Å². The number of hydrogen-bond acceptors (Lipinski definition) is 7. The normalized spacial score (nSPS) is 14.0. The molecule has 0 radical (unpaired) electrons. The summed E-state index contributed by atoms with van der Waals surface area (Å²) in [4.78, 5) is 36.0. The van der Waals surface area contributed by atoms with E-state index in [-0.39, 0.29) is 22.7 Å². The minimum atomic E-state index is -1.15. The Morgan fingerprint density at radius 2 is 1.76 bits per heavy atom. The average Bonchev–Trinajstić information content (AvgIpc) is 3.16. The number of nitrogens with zero attached hydrogens (tertiary/aromatic N) is 3. The number of hydrazone groups is 2. The van der Waals surface area contributed by atoms with E-state index in [0.29, 0.717) is 22.5 Å². The molecule has 0 atom stereocenters. The Kier molecular flexibility index (Phi) is 7.01. The Hall–Kier alpha value is -4.99. The molecule has 0 saturated heterocycles. The number of carboxylic acid groups (broad SMARTS) is 1. The van der Waals surface area contributed by atoms with Crippen molar-refractivity contribution in [3.8, 4) is 16.9 Å². The summed E-state index contributed by atoms with van der Waals surface area (Å²) < 4.78 is 0. The highest BCUT2D eigenvalue weighted by Gasteiger charge is 2.31. The van der Waals surface area contributed by atoms with Crippen LogP contribution >= 0.6 is 0 Å². The third-order valence-electron chi connectivity index (χ3n) is 5.88. The molecule has 2 amide bonds. The summed E-state index contributed by atoms with van der Waals surface area (Å²) in [6.45, 7) is 5.12. The fourth-order valence-electron chi connectivity index (χ4n) is 3.73. The van der Waals surface area contributed by atoms with Crippen LogP contribution in [0, 0.1) is 13.8 Å². The Bertz CT molecular complexity index is 1480. The molecule has 0 bridgehead atoms. The van der Waals surface area contributed by atoms with Gasteiger partial charge in [0.25, 0.3) is 5.91 Å². The first kappa shape index (κ1) is 25.1. The SMILES string of the molecule is CC1=NN(c2ccc(C)c(C)c2)C(=O)/C1=N\Nc1cccc(-c2cccc(C(=O)NCC(=O)O)c2)c1O. The van der Waals surface area contributed by atoms with Gasteiger partial charge >= 0.3 is 11.9 Å². The monoisotopic (exact) mass is 499 g/mol. The number of amides is 2. The third kappa shape index (κ3) is 5.32. The molecule has 3 aromatic carbocycles. The number of phenolic OH excluding ortho intramolecular Hbond substituents is 1. The second-order valence-corrected chi connectivity index (χ2v) is 8.50. The van der Waals surface area contributed by atoms with Gasteiger partial charge in [-0.3, -0.25) is 19.8 Å². The number of hydrogen-bond donors (Lipinski definition) is 4. The maximum absolute atomic E-state index is 13.0. The molecule has 0 aliphatic carbocycles. The number of carboxylic acids is 1. The van der Waals surface area contributed by atoms with Crippen LogP contribution in [-0.4, -0.2) is 46.0 Å². The van der Waals surface area contributed by atoms with Crippen molar-refractivity contribution in [1.29, 1.82) is 0 Å². The van der Waals surface area contributed by atoms with Gasteiger partial charge in [0.2, 0.25) is 0 Å². The molecule has 0 fully saturated rings. The van der Waals surface area contributed by atoms with Crippen LogP contribution in [0.1, 0.15) is 28.4 Å². The summed E-state index contributed by atoms with van der Waals surface area (Å²) in [6.07, 6.45) is 0. The van der Waals surface area contributed by atoms with Gasteiger partial charge in [0.05, 0.1) is 17.1 Å². The Morgan fingerprint density at radius 3 is 2.49 bits per heavy atom. The second kappa shape index (κ2) is 10.3. The molecule has 1 aliphatic heterocycles. The molecule has 188 valence electrons. The summed E-state index contributed by atoms with van der Waals surface area (Å²) in [5.41, 5.74) is 7.50. The fourth-order valence-corrected chi connectivity index (χ4v) is 3.73. The van der Waals surface area contributed by atoms with Gasteiger partial charge in [0.15, 0.2) is 5.71 Å². The lowest BCUT2D eigenvalue weighted by molar-refractivity contribution is -0.135. The predicted octanol–water partition coefficient (Wildman–Crippen LogP) is 3.68. The minimum Gasteiger partial charge on any atom is -0.505 e. The zero-order chi connectivity index (χ0) is 26.7. The number of phenols is 1. The van der Waals surface area contributed by atoms with Crippen LogP contribution in [0.15, 0.2) is 70.9 Å². The van der Waals surface area contributed by atoms with Crippen LogP contribution in [0.5, 0.6) is 5.75 Å². The van der Waals surface area contributed by atoms with E-state index >= 15 is 0 Å². The van der Waals surface area contributed by atoms with Gasteiger partial charge in [-0.1, -0.05) is 30.3 Å². The number of para-hydroxylation sites is 1. The number of aliphatic carboxylic acids is 1. The topological polar surface area (TPSA) is 144 Å². The highest BCUT2D eigenvalue weighted by molar-refractivity contribution is 6.71. The number of carbonyl (C=O) groups excluding carboxylic acids is 2. The summed E-state index contributed by atoms with van der Waals surface area (Å²) in [7, 11) is 0. The highest BCUT2D eigenvalue weighted by atomic mass is 16.4. The molecule has 0 saturated carbocycles. The summed E-state index contributed by atoms with van der Waals surface area (Å²) in [5, 5.41) is 31.8. The zero-order valence-corrected chi connectivity index (χ0v) is 20.4. The van der Waals surface area contributed by atoms with Crippen LogP contribution < -0.4 is 15.8 Å². The summed E-state index contributed by atoms with van der Waals surface area (Å²) in [6, 6.07) is 17.0. The van der Waals surface area contributed by atoms with Crippen molar-refractivity contribution in [2.45, 2.75) is 20.8 Å². The molecule has 4 N–H and O–H groups in total. The van der Waals surface area contributed by atoms with E-state index in [1.165, 1.54) is 5.01 Å². The highest BCUT2D eigenvalue weighted by Crippen LogP contribution is 2.36. The van der Waals surface area contributed by atoms with Gasteiger partial charge in [-0.25, -0.2) is 0 Å². The van der Waals surface area contributed by atoms with Gasteiger partial charge in [-0.2, -0.15) is 15.2 Å². The van der Waals surface area contributed by atoms with E-state index in [4.69, 9.17) is 5.11 Å². The number of aryl methyl sites for hydroxylation is 2. The van der Waals surface area contributed by atoms with E-state index in [0.717, 1.165) is 11.1 Å². The van der Waals surface area contributed by atoms with Gasteiger partial charge in [-0.05, 0) is 67.8 Å². The first-order valence-corrected chi connectivity index (χ1v) is 11.4. The van der Waals surface area contributed by atoms with Gasteiger partial charge in [-0.15, -0.1) is 0 Å². The standard InChI is InChI=1S/C27H25N5O5/c1-15-10-11-20(12-16(15)2)32-27(37)24(17(3)31-32)30-29-22-9-5-8-21(25(22)35)18-6-4-7-19(13-18)26(36)28-14-23(33)34/h4-13,29,35H,14H2,1-3H3,(H,28,36)(H,33,34)/b30-24-. The van der Waals surface area contributed by atoms with Gasteiger partial charge in [0, 0.05) is 11.1 Å². The molecule has 0 aromatic heterocycles. The third-order valence-corrected chi connectivity index (χ3v) is 5.88. The van der Waals surface area contributed by atoms with E-state index < -0.39 is 24.3 Å². The van der Waals surface area contributed by atoms with Crippen molar-refractivity contribution >= 4 is 40.6 Å². The predicted molar refractivity (Wildman–Crippen MR) is 141 cm³/mol. The van der Waals surface area contributed by atoms with Crippen molar-refractivity contribution in [2.75, 3.05) is 17.0 Å². The Balaban J connectivity index is 1.56. The molecule has 1 heterocycles. The van der Waals surface area contributed by atoms with Crippen molar-refractivity contribution in [1.82, 2.24) is 5.32 Å². The van der Waals surface area contributed by atoms with Gasteiger partial charge < -0.3 is 15.5 Å². The van der Waals surface area contributed by atoms with E-state index in [1.54, 1.807) is 49.4 Å². The number of anilines is 2. The lowest BCUT2D eigenvalue weighted by Gasteiger charge is -2.13. The van der Waals surface area contributed by atoms with Crippen LogP contribution in [0.3, 0.4) is 0 Å². The Morgan fingerprint density at radius 1 is 1.00 bits per heavy atom. The summed E-state index contributed by atoms with van der Waals surface area (Å²) in [5.74, 6) is -2.24. The quantitative estimate of drug-likeness (QED) is 0.288. The minimum absolute atomic E-state index is 0.111. The van der Waals surface area contributed by atoms with Crippen LogP contribution in [-0.2, 0) is 9.59 Å². The number of nitrogens with one attached hydrogen (secondary N) is 2. The molecule has 0 unspecified atom stereocenters. The number of benzene rings is 3. The molecular formula is C27H25N5O5. The average molecular weight is 500 g/mol. The molecular weight excluding hydrogens is 474 g/mol. The Labute approximate surface area is 212 Å². The number of rotatable bonds is 7. The molecule has 10 nitrogen and oxygen atoms in total. The molecule has 37 heavy (non-hydrogen) atoms. The van der Waals surface area contributed by atoms with Crippen LogP contribution in [0.25, 0.3) is 11.1 Å². The van der Waals surface area contributed by atoms with Crippen molar-refractivity contribution in [3.63, 3.8) is 0 Å². The van der Waals surface area contributed by atoms with Crippen molar-refractivity contribution < 1.29 is 24.6 Å². The fraction of sp³-hybridized carbons (Fsp3) is 0.148. The zero-order valence-electron chi connectivity index (χ0n) is 20.4. The second-order valence-electron chi connectivity index (χ2n) is 8.50. The number of carbonyl (C=O) groups is 3. The molecule has 4 rings (SSSR count). The maximum Gasteiger partial charge on any atom is 0.322 e. The molecule has 0 spiro atoms. The molecule has 10 heteroatoms. The largest absolute Gasteiger partial charge is 0.505 e. The van der Waals surface area contributed by atoms with Crippen molar-refractivity contribution in [3.05, 3.63) is 77.4 Å². The lowest BCUT2D eigenvalue weighted by atomic mass is 10.0. The van der Waals surface area contributed by atoms with E-state index in [9.17, 15) is 19.5 Å². The molecule has 1 aliphatic rings. The van der Waals surface area contributed by atoms with E-state index in [2.05, 4.69) is 20.9 Å². The lowest BCUT2D eigenvalue weighted by Crippen LogP contribution is -2.29. The first-order chi connectivity index (χ1) is 17.7. The smallest absolute Gasteiger partial charge is 0.322 e. The number of aromatic hydroxyl groups is 1. The van der Waals surface area contributed by atoms with Crippen LogP contribution in [0.4, 0.5) is 11.4 Å².